The number of hydrogen-bond acceptors (Lipinski definition) is 5. The van der Waals surface area contributed by atoms with E-state index in [2.05, 4.69) is 25.9 Å². The molecular formula is C20H24N6O. The lowest BCUT2D eigenvalue weighted by Crippen LogP contribution is -2.30. The van der Waals surface area contributed by atoms with E-state index in [0.717, 1.165) is 22.5 Å². The fourth-order valence-electron chi connectivity index (χ4n) is 2.71. The number of nitrogens with one attached hydrogen (secondary N) is 2. The van der Waals surface area contributed by atoms with E-state index in [0.29, 0.717) is 31.1 Å². The summed E-state index contributed by atoms with van der Waals surface area (Å²) in [5.41, 5.74) is 4.21. The summed E-state index contributed by atoms with van der Waals surface area (Å²) < 4.78 is 1.80. The molecule has 2 heterocycles. The molecule has 0 atom stereocenters. The van der Waals surface area contributed by atoms with Crippen LogP contribution in [0.5, 0.6) is 0 Å². The molecule has 3 rings (SSSR count). The van der Waals surface area contributed by atoms with Crippen LogP contribution < -0.4 is 10.6 Å². The Bertz CT molecular complexity index is 902. The number of nitrogens with zero attached hydrogens (tertiary/aromatic N) is 4. The van der Waals surface area contributed by atoms with E-state index in [4.69, 9.17) is 0 Å². The van der Waals surface area contributed by atoms with Gasteiger partial charge in [0.15, 0.2) is 5.82 Å². The molecule has 0 aliphatic heterocycles. The van der Waals surface area contributed by atoms with Crippen molar-refractivity contribution < 1.29 is 4.79 Å². The zero-order valence-corrected chi connectivity index (χ0v) is 15.9. The maximum atomic E-state index is 11.9. The topological polar surface area (TPSA) is 84.7 Å². The third-order valence-electron chi connectivity index (χ3n) is 4.48. The molecule has 0 spiro atoms. The molecule has 2 N–H and O–H groups in total. The van der Waals surface area contributed by atoms with Crippen LogP contribution in [0.25, 0.3) is 5.82 Å². The second-order valence-electron chi connectivity index (χ2n) is 6.42. The summed E-state index contributed by atoms with van der Waals surface area (Å²) in [6.45, 7) is 7.14. The van der Waals surface area contributed by atoms with Gasteiger partial charge in [-0.25, -0.2) is 4.68 Å². The predicted molar refractivity (Wildman–Crippen MR) is 105 cm³/mol. The van der Waals surface area contributed by atoms with E-state index in [9.17, 15) is 4.79 Å². The predicted octanol–water partition coefficient (Wildman–Crippen LogP) is 2.36. The van der Waals surface area contributed by atoms with Crippen LogP contribution >= 0.6 is 0 Å². The number of anilines is 1. The molecule has 3 aromatic rings. The van der Waals surface area contributed by atoms with Gasteiger partial charge >= 0.3 is 0 Å². The van der Waals surface area contributed by atoms with E-state index < -0.39 is 0 Å². The summed E-state index contributed by atoms with van der Waals surface area (Å²) in [7, 11) is 0. The number of hydrogen-bond donors (Lipinski definition) is 2. The lowest BCUT2D eigenvalue weighted by Gasteiger charge is -2.08. The Kier molecular flexibility index (Phi) is 5.80. The molecule has 0 unspecified atom stereocenters. The van der Waals surface area contributed by atoms with Crippen LogP contribution in [0.2, 0.25) is 0 Å². The fourth-order valence-corrected chi connectivity index (χ4v) is 2.71. The highest BCUT2D eigenvalue weighted by Crippen LogP contribution is 2.15. The fraction of sp³-hybridized carbons (Fsp3) is 0.300. The SMILES string of the molecule is Cc1nn(-c2ccc(NCCNC(=O)Cc3ccccc3)nn2)c(C)c1C. The molecule has 140 valence electrons. The molecule has 0 radical (unpaired) electrons. The van der Waals surface area contributed by atoms with Crippen molar-refractivity contribution in [2.45, 2.75) is 27.2 Å². The number of rotatable bonds is 7. The first kappa shape index (κ1) is 18.6. The minimum Gasteiger partial charge on any atom is -0.367 e. The minimum absolute atomic E-state index is 0.00401. The van der Waals surface area contributed by atoms with Crippen molar-refractivity contribution >= 4 is 11.7 Å². The van der Waals surface area contributed by atoms with Crippen molar-refractivity contribution in [3.05, 3.63) is 65.0 Å². The van der Waals surface area contributed by atoms with Crippen LogP contribution in [-0.4, -0.2) is 39.0 Å². The van der Waals surface area contributed by atoms with Gasteiger partial charge in [-0.15, -0.1) is 10.2 Å². The Morgan fingerprint density at radius 1 is 1.00 bits per heavy atom. The third kappa shape index (κ3) is 4.69. The number of carbonyl (C=O) groups is 1. The van der Waals surface area contributed by atoms with E-state index >= 15 is 0 Å². The van der Waals surface area contributed by atoms with Crippen LogP contribution in [-0.2, 0) is 11.2 Å². The Labute approximate surface area is 158 Å². The molecule has 1 aromatic carbocycles. The van der Waals surface area contributed by atoms with Gasteiger partial charge in [-0.3, -0.25) is 4.79 Å². The summed E-state index contributed by atoms with van der Waals surface area (Å²) in [4.78, 5) is 11.9. The molecule has 27 heavy (non-hydrogen) atoms. The van der Waals surface area contributed by atoms with Gasteiger partial charge < -0.3 is 10.6 Å². The van der Waals surface area contributed by atoms with Gasteiger partial charge in [0, 0.05) is 18.8 Å². The lowest BCUT2D eigenvalue weighted by molar-refractivity contribution is -0.120. The van der Waals surface area contributed by atoms with E-state index in [1.165, 1.54) is 0 Å². The van der Waals surface area contributed by atoms with Gasteiger partial charge in [0.25, 0.3) is 0 Å². The van der Waals surface area contributed by atoms with Crippen LogP contribution in [0.4, 0.5) is 5.82 Å². The summed E-state index contributed by atoms with van der Waals surface area (Å²) in [6, 6.07) is 13.4. The van der Waals surface area contributed by atoms with Crippen molar-refractivity contribution in [1.82, 2.24) is 25.3 Å². The number of amides is 1. The average Bonchev–Trinajstić information content (AvgIpc) is 2.94. The van der Waals surface area contributed by atoms with Crippen molar-refractivity contribution in [2.75, 3.05) is 18.4 Å². The zero-order valence-electron chi connectivity index (χ0n) is 15.9. The van der Waals surface area contributed by atoms with Gasteiger partial charge in [-0.1, -0.05) is 30.3 Å². The monoisotopic (exact) mass is 364 g/mol. The Morgan fingerprint density at radius 2 is 1.78 bits per heavy atom. The first-order chi connectivity index (χ1) is 13.0. The normalized spacial score (nSPS) is 10.6. The maximum Gasteiger partial charge on any atom is 0.224 e. The molecule has 0 saturated carbocycles. The van der Waals surface area contributed by atoms with E-state index in [1.807, 2.05) is 63.2 Å². The molecule has 0 fully saturated rings. The first-order valence-electron chi connectivity index (χ1n) is 8.96. The molecular weight excluding hydrogens is 340 g/mol. The Balaban J connectivity index is 1.46. The molecule has 1 amide bonds. The quantitative estimate of drug-likeness (QED) is 0.629. The van der Waals surface area contributed by atoms with Gasteiger partial charge in [-0.05, 0) is 44.0 Å². The first-order valence-corrected chi connectivity index (χ1v) is 8.96. The molecule has 0 aliphatic rings. The molecule has 7 nitrogen and oxygen atoms in total. The van der Waals surface area contributed by atoms with Gasteiger partial charge in [0.05, 0.1) is 12.1 Å². The molecule has 2 aromatic heterocycles. The van der Waals surface area contributed by atoms with E-state index in [1.54, 1.807) is 4.68 Å². The van der Waals surface area contributed by atoms with Crippen molar-refractivity contribution in [2.24, 2.45) is 0 Å². The highest BCUT2D eigenvalue weighted by Gasteiger charge is 2.10. The molecule has 0 aliphatic carbocycles. The van der Waals surface area contributed by atoms with Crippen molar-refractivity contribution in [3.8, 4) is 5.82 Å². The Hall–Kier alpha value is -3.22. The minimum atomic E-state index is 0.00401. The van der Waals surface area contributed by atoms with Gasteiger partial charge in [0.2, 0.25) is 5.91 Å². The lowest BCUT2D eigenvalue weighted by atomic mass is 10.1. The maximum absolute atomic E-state index is 11.9. The van der Waals surface area contributed by atoms with Crippen molar-refractivity contribution in [1.29, 1.82) is 0 Å². The van der Waals surface area contributed by atoms with Crippen LogP contribution in [0.15, 0.2) is 42.5 Å². The average molecular weight is 364 g/mol. The molecule has 0 saturated heterocycles. The van der Waals surface area contributed by atoms with Gasteiger partial charge in [-0.2, -0.15) is 5.10 Å². The van der Waals surface area contributed by atoms with Crippen molar-refractivity contribution in [3.63, 3.8) is 0 Å². The zero-order chi connectivity index (χ0) is 19.2. The highest BCUT2D eigenvalue weighted by atomic mass is 16.1. The van der Waals surface area contributed by atoms with Gasteiger partial charge in [0.1, 0.15) is 5.82 Å². The second kappa shape index (κ2) is 8.44. The van der Waals surface area contributed by atoms with Crippen LogP contribution in [0.1, 0.15) is 22.5 Å². The summed E-state index contributed by atoms with van der Waals surface area (Å²) in [5.74, 6) is 1.35. The molecule has 0 bridgehead atoms. The standard InChI is InChI=1S/C20H24N6O/c1-14-15(2)25-26(16(14)3)19-10-9-18(23-24-19)21-11-12-22-20(27)13-17-7-5-4-6-8-17/h4-10H,11-13H2,1-3H3,(H,21,23)(H,22,27). The summed E-state index contributed by atoms with van der Waals surface area (Å²) in [6.07, 6.45) is 0.386. The highest BCUT2D eigenvalue weighted by molar-refractivity contribution is 5.78. The number of aryl methyl sites for hydroxylation is 1. The largest absolute Gasteiger partial charge is 0.367 e. The smallest absolute Gasteiger partial charge is 0.224 e. The third-order valence-corrected chi connectivity index (χ3v) is 4.48. The second-order valence-corrected chi connectivity index (χ2v) is 6.42. The number of carbonyl (C=O) groups excluding carboxylic acids is 1. The van der Waals surface area contributed by atoms with E-state index in [-0.39, 0.29) is 5.91 Å². The number of benzene rings is 1. The summed E-state index contributed by atoms with van der Waals surface area (Å²) >= 11 is 0. The van der Waals surface area contributed by atoms with Crippen LogP contribution in [0.3, 0.4) is 0 Å². The number of aromatic nitrogens is 4. The summed E-state index contributed by atoms with van der Waals surface area (Å²) in [5, 5.41) is 19.0. The molecule has 7 heteroatoms. The van der Waals surface area contributed by atoms with Crippen LogP contribution in [0, 0.1) is 20.8 Å². The Morgan fingerprint density at radius 3 is 2.41 bits per heavy atom.